The summed E-state index contributed by atoms with van der Waals surface area (Å²) in [6, 6.07) is 6.83. The number of amides is 1. The van der Waals surface area contributed by atoms with Gasteiger partial charge in [-0.3, -0.25) is 14.4 Å². The molecule has 0 bridgehead atoms. The van der Waals surface area contributed by atoms with E-state index in [4.69, 9.17) is 9.47 Å². The van der Waals surface area contributed by atoms with Crippen molar-refractivity contribution in [1.29, 1.82) is 0 Å². The SMILES string of the molecule is CNc1nc(N2CCc3c(cc(Cn4ccnc4)cc3-c3cn(C)nc3C(F)(F)F)C2=O)c2cc(OC)c(OC)cc2n1. The van der Waals surface area contributed by atoms with Gasteiger partial charge in [0.1, 0.15) is 5.82 Å². The Morgan fingerprint density at radius 3 is 2.44 bits per heavy atom. The van der Waals surface area contributed by atoms with E-state index in [1.54, 1.807) is 54.6 Å². The first-order chi connectivity index (χ1) is 20.6. The van der Waals surface area contributed by atoms with Crippen LogP contribution < -0.4 is 19.7 Å². The summed E-state index contributed by atoms with van der Waals surface area (Å²) in [6.45, 7) is 0.470. The zero-order chi connectivity index (χ0) is 30.5. The molecule has 0 spiro atoms. The van der Waals surface area contributed by atoms with Crippen molar-refractivity contribution in [2.75, 3.05) is 38.0 Å². The summed E-state index contributed by atoms with van der Waals surface area (Å²) < 4.78 is 56.1. The highest BCUT2D eigenvalue weighted by Crippen LogP contribution is 2.42. The molecule has 43 heavy (non-hydrogen) atoms. The zero-order valence-corrected chi connectivity index (χ0v) is 23.7. The molecule has 0 fully saturated rings. The Kier molecular flexibility index (Phi) is 6.90. The number of imidazole rings is 1. The van der Waals surface area contributed by atoms with Gasteiger partial charge < -0.3 is 19.4 Å². The fourth-order valence-corrected chi connectivity index (χ4v) is 5.44. The number of benzene rings is 2. The molecule has 222 valence electrons. The van der Waals surface area contributed by atoms with Crippen LogP contribution in [-0.2, 0) is 26.2 Å². The summed E-state index contributed by atoms with van der Waals surface area (Å²) in [5.74, 6) is 1.12. The van der Waals surface area contributed by atoms with Crippen molar-refractivity contribution in [2.45, 2.75) is 19.1 Å². The van der Waals surface area contributed by atoms with Crippen molar-refractivity contribution >= 4 is 28.6 Å². The second-order valence-electron chi connectivity index (χ2n) is 10.0. The van der Waals surface area contributed by atoms with Crippen LogP contribution >= 0.6 is 0 Å². The van der Waals surface area contributed by atoms with E-state index in [-0.39, 0.29) is 30.0 Å². The number of anilines is 2. The number of alkyl halides is 3. The van der Waals surface area contributed by atoms with Gasteiger partial charge in [-0.15, -0.1) is 0 Å². The van der Waals surface area contributed by atoms with Crippen LogP contribution in [0.4, 0.5) is 24.9 Å². The molecule has 0 atom stereocenters. The van der Waals surface area contributed by atoms with E-state index in [9.17, 15) is 18.0 Å². The number of carbonyl (C=O) groups excluding carboxylic acids is 1. The van der Waals surface area contributed by atoms with E-state index < -0.39 is 17.8 Å². The summed E-state index contributed by atoms with van der Waals surface area (Å²) in [6.07, 6.45) is 1.89. The van der Waals surface area contributed by atoms with Gasteiger partial charge in [-0.25, -0.2) is 9.97 Å². The number of aryl methyl sites for hydroxylation is 1. The molecule has 14 heteroatoms. The molecular weight excluding hydrogens is 565 g/mol. The lowest BCUT2D eigenvalue weighted by atomic mass is 9.88. The number of aromatic nitrogens is 6. The van der Waals surface area contributed by atoms with Crippen LogP contribution in [0.2, 0.25) is 0 Å². The zero-order valence-electron chi connectivity index (χ0n) is 23.7. The lowest BCUT2D eigenvalue weighted by Crippen LogP contribution is -2.39. The van der Waals surface area contributed by atoms with Crippen molar-refractivity contribution in [3.05, 3.63) is 71.6 Å². The molecule has 1 aliphatic heterocycles. The lowest BCUT2D eigenvalue weighted by Gasteiger charge is -2.31. The normalized spacial score (nSPS) is 13.4. The third kappa shape index (κ3) is 4.98. The molecule has 1 aliphatic rings. The van der Waals surface area contributed by atoms with E-state index in [1.807, 2.05) is 0 Å². The molecule has 0 radical (unpaired) electrons. The molecule has 0 unspecified atom stereocenters. The average Bonchev–Trinajstić information content (AvgIpc) is 3.65. The first-order valence-electron chi connectivity index (χ1n) is 13.3. The molecule has 1 N–H and O–H groups in total. The molecule has 1 amide bonds. The van der Waals surface area contributed by atoms with Crippen molar-refractivity contribution in [2.24, 2.45) is 7.05 Å². The molecule has 11 nitrogen and oxygen atoms in total. The maximum Gasteiger partial charge on any atom is 0.435 e. The highest BCUT2D eigenvalue weighted by Gasteiger charge is 2.39. The van der Waals surface area contributed by atoms with E-state index in [0.717, 1.165) is 4.68 Å². The highest BCUT2D eigenvalue weighted by molar-refractivity contribution is 6.12. The standard InChI is InChI=1S/C29H27F3N8O3/c1-33-28-35-22-12-24(43-4)23(42-3)11-20(22)26(36-28)40-7-5-17-18(21-14-38(2)37-25(21)29(30,31)32)9-16(10-19(17)27(40)41)13-39-8-6-34-15-39/h6,8-12,14-15H,5,7,13H2,1-4H3,(H,33,35,36). The van der Waals surface area contributed by atoms with Gasteiger partial charge in [0.15, 0.2) is 17.2 Å². The number of nitrogens with zero attached hydrogens (tertiary/aromatic N) is 7. The van der Waals surface area contributed by atoms with Gasteiger partial charge in [0.05, 0.1) is 26.1 Å². The van der Waals surface area contributed by atoms with E-state index in [2.05, 4.69) is 25.4 Å². The maximum atomic E-state index is 14.3. The molecule has 3 aromatic heterocycles. The number of carbonyl (C=O) groups is 1. The molecule has 4 heterocycles. The number of rotatable bonds is 7. The average molecular weight is 593 g/mol. The highest BCUT2D eigenvalue weighted by atomic mass is 19.4. The summed E-state index contributed by atoms with van der Waals surface area (Å²) in [5.41, 5.74) is 1.18. The lowest BCUT2D eigenvalue weighted by molar-refractivity contribution is -0.140. The molecule has 2 aromatic carbocycles. The topological polar surface area (TPSA) is 112 Å². The second-order valence-corrected chi connectivity index (χ2v) is 10.0. The van der Waals surface area contributed by atoms with Crippen molar-refractivity contribution < 1.29 is 27.4 Å². The number of hydrogen-bond acceptors (Lipinski definition) is 8. The minimum Gasteiger partial charge on any atom is -0.493 e. The predicted octanol–water partition coefficient (Wildman–Crippen LogP) is 4.56. The molecule has 0 aliphatic carbocycles. The largest absolute Gasteiger partial charge is 0.493 e. The monoisotopic (exact) mass is 592 g/mol. The first kappa shape index (κ1) is 28.0. The Labute approximate surface area is 243 Å². The fraction of sp³-hybridized carbons (Fsp3) is 0.276. The van der Waals surface area contributed by atoms with Gasteiger partial charge in [0.25, 0.3) is 5.91 Å². The van der Waals surface area contributed by atoms with Gasteiger partial charge in [0.2, 0.25) is 5.95 Å². The van der Waals surface area contributed by atoms with Crippen molar-refractivity contribution in [3.63, 3.8) is 0 Å². The fourth-order valence-electron chi connectivity index (χ4n) is 5.44. The smallest absolute Gasteiger partial charge is 0.435 e. The number of hydrogen-bond donors (Lipinski definition) is 1. The van der Waals surface area contributed by atoms with Crippen LogP contribution in [0.1, 0.15) is 27.2 Å². The molecule has 5 aromatic rings. The van der Waals surface area contributed by atoms with Crippen LogP contribution in [0.5, 0.6) is 11.5 Å². The minimum absolute atomic E-state index is 0.0817. The summed E-state index contributed by atoms with van der Waals surface area (Å²) >= 11 is 0. The van der Waals surface area contributed by atoms with Crippen LogP contribution in [0, 0.1) is 0 Å². The molecule has 0 saturated heterocycles. The van der Waals surface area contributed by atoms with Gasteiger partial charge in [-0.1, -0.05) is 0 Å². The molecular formula is C29H27F3N8O3. The second kappa shape index (κ2) is 10.6. The van der Waals surface area contributed by atoms with Crippen LogP contribution in [0.15, 0.2) is 49.2 Å². The van der Waals surface area contributed by atoms with Gasteiger partial charge in [0, 0.05) is 68.4 Å². The number of ether oxygens (including phenoxy) is 2. The maximum absolute atomic E-state index is 14.3. The number of nitrogens with one attached hydrogen (secondary N) is 1. The predicted molar refractivity (Wildman–Crippen MR) is 153 cm³/mol. The Bertz CT molecular complexity index is 1850. The van der Waals surface area contributed by atoms with E-state index >= 15 is 0 Å². The summed E-state index contributed by atoms with van der Waals surface area (Å²) in [4.78, 5) is 29.0. The van der Waals surface area contributed by atoms with Crippen molar-refractivity contribution in [3.8, 4) is 22.6 Å². The summed E-state index contributed by atoms with van der Waals surface area (Å²) in [7, 11) is 6.13. The van der Waals surface area contributed by atoms with Crippen molar-refractivity contribution in [1.82, 2.24) is 29.3 Å². The van der Waals surface area contributed by atoms with Crippen LogP contribution in [0.25, 0.3) is 22.0 Å². The minimum atomic E-state index is -4.68. The van der Waals surface area contributed by atoms with E-state index in [1.165, 1.54) is 32.4 Å². The van der Waals surface area contributed by atoms with Gasteiger partial charge >= 0.3 is 6.18 Å². The number of fused-ring (bicyclic) bond motifs is 2. The van der Waals surface area contributed by atoms with Crippen LogP contribution in [-0.4, -0.2) is 63.0 Å². The van der Waals surface area contributed by atoms with Crippen LogP contribution in [0.3, 0.4) is 0 Å². The van der Waals surface area contributed by atoms with E-state index in [0.29, 0.717) is 51.5 Å². The number of methoxy groups -OCH3 is 2. The molecule has 0 saturated carbocycles. The quantitative estimate of drug-likeness (QED) is 0.293. The Balaban J connectivity index is 1.54. The first-order valence-corrected chi connectivity index (χ1v) is 13.3. The third-order valence-electron chi connectivity index (χ3n) is 7.34. The number of halogens is 3. The Hall–Kier alpha value is -5.14. The molecule has 6 rings (SSSR count). The summed E-state index contributed by atoms with van der Waals surface area (Å²) in [5, 5.41) is 7.19. The van der Waals surface area contributed by atoms with Gasteiger partial charge in [-0.2, -0.15) is 23.3 Å². The Morgan fingerprint density at radius 1 is 1.02 bits per heavy atom. The van der Waals surface area contributed by atoms with Gasteiger partial charge in [-0.05, 0) is 41.3 Å². The Morgan fingerprint density at radius 2 is 1.77 bits per heavy atom. The third-order valence-corrected chi connectivity index (χ3v) is 7.34.